The zero-order valence-corrected chi connectivity index (χ0v) is 18.4. The Morgan fingerprint density at radius 2 is 1.76 bits per heavy atom. The molecule has 4 rings (SSSR count). The quantitative estimate of drug-likeness (QED) is 0.276. The van der Waals surface area contributed by atoms with E-state index in [1.807, 2.05) is 0 Å². The van der Waals surface area contributed by atoms with Gasteiger partial charge in [-0.2, -0.15) is 0 Å². The first-order valence-corrected chi connectivity index (χ1v) is 10.7. The number of aromatic hydroxyl groups is 4. The number of phenols is 3. The second kappa shape index (κ2) is 9.36. The van der Waals surface area contributed by atoms with Gasteiger partial charge in [-0.3, -0.25) is 4.79 Å². The molecule has 0 fully saturated rings. The number of rotatable bonds is 7. The molecule has 0 aliphatic rings. The topological polar surface area (TPSA) is 141 Å². The van der Waals surface area contributed by atoms with E-state index in [1.165, 1.54) is 30.3 Å². The molecular weight excluding hydrogens is 440 g/mol. The van der Waals surface area contributed by atoms with Crippen molar-refractivity contribution in [3.63, 3.8) is 0 Å². The lowest BCUT2D eigenvalue weighted by Gasteiger charge is -2.14. The van der Waals surface area contributed by atoms with Gasteiger partial charge in [0.25, 0.3) is 0 Å². The number of fused-ring (bicyclic) bond motifs is 1. The molecule has 3 aromatic carbocycles. The minimum atomic E-state index is -0.765. The smallest absolute Gasteiger partial charge is 0.238 e. The normalized spacial score (nSPS) is 12.1. The summed E-state index contributed by atoms with van der Waals surface area (Å²) in [6.07, 6.45) is -0.0446. The lowest BCUT2D eigenvalue weighted by molar-refractivity contribution is 0.105. The maximum Gasteiger partial charge on any atom is 0.238 e. The molecule has 0 amide bonds. The fourth-order valence-corrected chi connectivity index (χ4v) is 3.63. The molecule has 8 nitrogen and oxygen atoms in total. The number of hydrogen-bond acceptors (Lipinski definition) is 8. The highest BCUT2D eigenvalue weighted by Crippen LogP contribution is 2.37. The Balaban J connectivity index is 1.79. The minimum Gasteiger partial charge on any atom is -0.508 e. The van der Waals surface area contributed by atoms with Gasteiger partial charge in [-0.05, 0) is 47.9 Å². The molecule has 8 heteroatoms. The number of aliphatic hydroxyl groups excluding tert-OH is 1. The molecule has 0 aliphatic carbocycles. The predicted molar refractivity (Wildman–Crippen MR) is 126 cm³/mol. The van der Waals surface area contributed by atoms with Gasteiger partial charge in [0.15, 0.2) is 5.76 Å². The summed E-state index contributed by atoms with van der Waals surface area (Å²) in [6, 6.07) is 13.5. The van der Waals surface area contributed by atoms with Gasteiger partial charge >= 0.3 is 0 Å². The van der Waals surface area contributed by atoms with Crippen LogP contribution in [-0.2, 0) is 6.42 Å². The summed E-state index contributed by atoms with van der Waals surface area (Å²) in [7, 11) is 0. The molecule has 1 unspecified atom stereocenters. The highest BCUT2D eigenvalue weighted by atomic mass is 16.5. The molecule has 0 radical (unpaired) electrons. The summed E-state index contributed by atoms with van der Waals surface area (Å²) in [4.78, 5) is 13.0. The van der Waals surface area contributed by atoms with Crippen LogP contribution in [0.2, 0.25) is 0 Å². The van der Waals surface area contributed by atoms with E-state index in [0.29, 0.717) is 17.5 Å². The van der Waals surface area contributed by atoms with Gasteiger partial charge in [0, 0.05) is 24.1 Å². The monoisotopic (exact) mass is 464 g/mol. The van der Waals surface area contributed by atoms with E-state index in [2.05, 4.69) is 0 Å². The van der Waals surface area contributed by atoms with Crippen molar-refractivity contribution in [1.29, 1.82) is 0 Å². The Kier molecular flexibility index (Phi) is 6.34. The zero-order valence-electron chi connectivity index (χ0n) is 18.4. The molecule has 1 aromatic heterocycles. The highest BCUT2D eigenvalue weighted by Gasteiger charge is 2.21. The molecule has 34 heavy (non-hydrogen) atoms. The van der Waals surface area contributed by atoms with Crippen molar-refractivity contribution >= 4 is 11.0 Å². The standard InChI is InChI=1S/C26H24O8/c1-2-17(27)13-33-21-11-19(29)12-22-23(21)24(31)25(32)26(34-22)15-6-7-20(30)16(10-15)8-14-4-3-5-18(28)9-14/h3-7,9-12,17,27-30,32H,2,8,13H2,1H3. The third kappa shape index (κ3) is 4.62. The fourth-order valence-electron chi connectivity index (χ4n) is 3.63. The third-order valence-electron chi connectivity index (χ3n) is 5.47. The summed E-state index contributed by atoms with van der Waals surface area (Å²) in [5, 5.41) is 50.5. The van der Waals surface area contributed by atoms with Crippen molar-refractivity contribution in [3.05, 3.63) is 75.9 Å². The van der Waals surface area contributed by atoms with Crippen LogP contribution in [0, 0.1) is 0 Å². The summed E-state index contributed by atoms with van der Waals surface area (Å²) >= 11 is 0. The fraction of sp³-hybridized carbons (Fsp3) is 0.192. The van der Waals surface area contributed by atoms with Crippen LogP contribution in [0.15, 0.2) is 63.8 Å². The van der Waals surface area contributed by atoms with Gasteiger partial charge < -0.3 is 34.7 Å². The van der Waals surface area contributed by atoms with Crippen LogP contribution in [0.4, 0.5) is 0 Å². The van der Waals surface area contributed by atoms with Crippen LogP contribution in [-0.4, -0.2) is 38.2 Å². The van der Waals surface area contributed by atoms with E-state index in [4.69, 9.17) is 9.15 Å². The molecule has 0 spiro atoms. The molecule has 5 N–H and O–H groups in total. The van der Waals surface area contributed by atoms with Crippen molar-refractivity contribution in [2.75, 3.05) is 6.61 Å². The van der Waals surface area contributed by atoms with Gasteiger partial charge in [-0.25, -0.2) is 0 Å². The summed E-state index contributed by atoms with van der Waals surface area (Å²) in [5.74, 6) is -0.946. The molecule has 176 valence electrons. The SMILES string of the molecule is CCC(O)COc1cc(O)cc2oc(-c3ccc(O)c(Cc4cccc(O)c4)c3)c(O)c(=O)c12. The Morgan fingerprint density at radius 1 is 0.971 bits per heavy atom. The number of hydrogen-bond donors (Lipinski definition) is 5. The highest BCUT2D eigenvalue weighted by molar-refractivity contribution is 5.88. The predicted octanol–water partition coefficient (Wildman–Crippen LogP) is 4.02. The Labute approximate surface area is 194 Å². The zero-order chi connectivity index (χ0) is 24.4. The van der Waals surface area contributed by atoms with E-state index in [0.717, 1.165) is 5.56 Å². The van der Waals surface area contributed by atoms with Gasteiger partial charge in [-0.1, -0.05) is 19.1 Å². The lowest BCUT2D eigenvalue weighted by atomic mass is 10.00. The number of benzene rings is 3. The van der Waals surface area contributed by atoms with Crippen LogP contribution >= 0.6 is 0 Å². The van der Waals surface area contributed by atoms with E-state index < -0.39 is 17.3 Å². The van der Waals surface area contributed by atoms with E-state index in [1.54, 1.807) is 31.2 Å². The lowest BCUT2D eigenvalue weighted by Crippen LogP contribution is -2.17. The average Bonchev–Trinajstić information content (AvgIpc) is 2.81. The van der Waals surface area contributed by atoms with Crippen LogP contribution in [0.3, 0.4) is 0 Å². The Bertz CT molecular complexity index is 1410. The number of phenolic OH excluding ortho intramolecular Hbond substituents is 3. The molecular formula is C26H24O8. The first kappa shape index (κ1) is 23.0. The van der Waals surface area contributed by atoms with Crippen molar-refractivity contribution in [3.8, 4) is 40.1 Å². The van der Waals surface area contributed by atoms with Crippen LogP contribution in [0.5, 0.6) is 28.7 Å². The summed E-state index contributed by atoms with van der Waals surface area (Å²) < 4.78 is 11.3. The maximum absolute atomic E-state index is 13.0. The first-order chi connectivity index (χ1) is 16.3. The van der Waals surface area contributed by atoms with Gasteiger partial charge in [0.1, 0.15) is 40.6 Å². The molecule has 1 heterocycles. The minimum absolute atomic E-state index is 0.00229. The Morgan fingerprint density at radius 3 is 2.50 bits per heavy atom. The van der Waals surface area contributed by atoms with Gasteiger partial charge in [0.2, 0.25) is 11.2 Å². The molecule has 0 bridgehead atoms. The van der Waals surface area contributed by atoms with Crippen LogP contribution < -0.4 is 10.2 Å². The van der Waals surface area contributed by atoms with E-state index >= 15 is 0 Å². The van der Waals surface area contributed by atoms with Crippen LogP contribution in [0.1, 0.15) is 24.5 Å². The number of ether oxygens (including phenoxy) is 1. The van der Waals surface area contributed by atoms with Gasteiger partial charge in [0.05, 0.1) is 6.10 Å². The largest absolute Gasteiger partial charge is 0.508 e. The second-order valence-corrected chi connectivity index (χ2v) is 7.99. The first-order valence-electron chi connectivity index (χ1n) is 10.7. The van der Waals surface area contributed by atoms with E-state index in [9.17, 15) is 30.3 Å². The second-order valence-electron chi connectivity index (χ2n) is 7.99. The third-order valence-corrected chi connectivity index (χ3v) is 5.47. The average molecular weight is 464 g/mol. The van der Waals surface area contributed by atoms with Crippen molar-refractivity contribution in [2.45, 2.75) is 25.9 Å². The molecule has 0 aliphatic heterocycles. The van der Waals surface area contributed by atoms with Crippen LogP contribution in [0.25, 0.3) is 22.3 Å². The van der Waals surface area contributed by atoms with Crippen molar-refractivity contribution in [1.82, 2.24) is 0 Å². The number of aliphatic hydroxyl groups is 1. The van der Waals surface area contributed by atoms with Crippen molar-refractivity contribution in [2.24, 2.45) is 0 Å². The molecule has 1 atom stereocenters. The molecule has 0 saturated carbocycles. The van der Waals surface area contributed by atoms with Crippen molar-refractivity contribution < 1.29 is 34.7 Å². The summed E-state index contributed by atoms with van der Waals surface area (Å²) in [5.41, 5.74) is 0.786. The Hall–Kier alpha value is -4.17. The molecule has 4 aromatic rings. The summed E-state index contributed by atoms with van der Waals surface area (Å²) in [6.45, 7) is 1.67. The maximum atomic E-state index is 13.0. The molecule has 0 saturated heterocycles. The van der Waals surface area contributed by atoms with Gasteiger partial charge in [-0.15, -0.1) is 0 Å². The van der Waals surface area contributed by atoms with E-state index in [-0.39, 0.29) is 52.8 Å².